The fourth-order valence-electron chi connectivity index (χ4n) is 2.76. The monoisotopic (exact) mass is 501 g/mol. The van der Waals surface area contributed by atoms with Crippen molar-refractivity contribution < 1.29 is 18.7 Å². The number of benzene rings is 1. The predicted molar refractivity (Wildman–Crippen MR) is 103 cm³/mol. The smallest absolute Gasteiger partial charge is 0.338 e. The topological polar surface area (TPSA) is 139 Å². The number of nitrogens with one attached hydrogen (secondary N) is 1. The number of azide groups is 1. The van der Waals surface area contributed by atoms with Gasteiger partial charge in [0, 0.05) is 21.6 Å². The molecule has 0 saturated carbocycles. The van der Waals surface area contributed by atoms with Crippen molar-refractivity contribution >= 4 is 28.6 Å². The van der Waals surface area contributed by atoms with E-state index in [9.17, 15) is 14.4 Å². The van der Waals surface area contributed by atoms with Crippen molar-refractivity contribution in [1.82, 2.24) is 9.55 Å². The van der Waals surface area contributed by atoms with Crippen LogP contribution in [0.1, 0.15) is 16.6 Å². The number of H-pyrrole nitrogens is 1. The highest BCUT2D eigenvalue weighted by molar-refractivity contribution is 14.1. The molecule has 28 heavy (non-hydrogen) atoms. The number of aromatic nitrogens is 2. The highest BCUT2D eigenvalue weighted by atomic mass is 127. The molecule has 4 atom stereocenters. The summed E-state index contributed by atoms with van der Waals surface area (Å²) in [4.78, 5) is 40.5. The van der Waals surface area contributed by atoms with E-state index in [4.69, 9.17) is 15.0 Å². The molecule has 2 heterocycles. The van der Waals surface area contributed by atoms with Crippen LogP contribution in [0, 0.1) is 0 Å². The number of aromatic amines is 1. The van der Waals surface area contributed by atoms with Crippen LogP contribution in [-0.4, -0.2) is 37.9 Å². The number of nitrogens with zero attached hydrogens (tertiary/aromatic N) is 4. The van der Waals surface area contributed by atoms with Crippen molar-refractivity contribution in [2.45, 2.75) is 24.2 Å². The lowest BCUT2D eigenvalue weighted by Gasteiger charge is -2.22. The minimum atomic E-state index is -2.06. The Morgan fingerprint density at radius 2 is 2.11 bits per heavy atom. The molecule has 0 amide bonds. The van der Waals surface area contributed by atoms with Crippen LogP contribution in [0.3, 0.4) is 0 Å². The lowest BCUT2D eigenvalue weighted by atomic mass is 10.1. The van der Waals surface area contributed by atoms with Crippen LogP contribution in [0.2, 0.25) is 0 Å². The third-order valence-corrected chi connectivity index (χ3v) is 5.20. The number of carbonyl (C=O) groups excluding carboxylic acids is 1. The highest BCUT2D eigenvalue weighted by Gasteiger charge is 2.58. The molecule has 2 aromatic rings. The standard InChI is InChI=1S/C16H13FIN5O5/c17-12-11(27-14(25)9-4-2-1-3-5-9)13(28-16(12,8-18)21-22-19)23-7-6-10(24)20-15(23)26/h1-7,11-13H,8H2,(H,20,24,26)/t11-,12+,13-,16-/m1/s1. The highest BCUT2D eigenvalue weighted by Crippen LogP contribution is 2.42. The maximum Gasteiger partial charge on any atom is 0.338 e. The third-order valence-electron chi connectivity index (χ3n) is 4.11. The normalized spacial score (nSPS) is 26.4. The zero-order chi connectivity index (χ0) is 20.3. The van der Waals surface area contributed by atoms with Gasteiger partial charge in [-0.05, 0) is 17.7 Å². The van der Waals surface area contributed by atoms with Crippen LogP contribution < -0.4 is 11.2 Å². The Bertz CT molecular complexity index is 1040. The molecule has 0 unspecified atom stereocenters. The second-order valence-electron chi connectivity index (χ2n) is 5.83. The van der Waals surface area contributed by atoms with Crippen molar-refractivity contribution in [3.8, 4) is 0 Å². The summed E-state index contributed by atoms with van der Waals surface area (Å²) in [6.45, 7) is 0. The van der Waals surface area contributed by atoms with Crippen molar-refractivity contribution in [3.63, 3.8) is 0 Å². The van der Waals surface area contributed by atoms with Crippen molar-refractivity contribution in [2.75, 3.05) is 4.43 Å². The van der Waals surface area contributed by atoms with Gasteiger partial charge in [0.1, 0.15) is 0 Å². The van der Waals surface area contributed by atoms with E-state index in [-0.39, 0.29) is 9.99 Å². The van der Waals surface area contributed by atoms with Gasteiger partial charge >= 0.3 is 11.7 Å². The minimum absolute atomic E-state index is 0.107. The Hall–Kier alpha value is -2.70. The third kappa shape index (κ3) is 3.66. The number of rotatable bonds is 5. The summed E-state index contributed by atoms with van der Waals surface area (Å²) >= 11 is 1.76. The van der Waals surface area contributed by atoms with E-state index in [1.807, 2.05) is 4.98 Å². The molecule has 146 valence electrons. The molecule has 1 aliphatic heterocycles. The molecule has 1 aromatic heterocycles. The molecule has 1 aliphatic rings. The molecule has 1 fully saturated rings. The van der Waals surface area contributed by atoms with Crippen LogP contribution in [0.5, 0.6) is 0 Å². The summed E-state index contributed by atoms with van der Waals surface area (Å²) in [5.74, 6) is -0.843. The second-order valence-corrected chi connectivity index (χ2v) is 6.59. The van der Waals surface area contributed by atoms with Crippen LogP contribution >= 0.6 is 22.6 Å². The Labute approximate surface area is 170 Å². The van der Waals surface area contributed by atoms with E-state index in [0.29, 0.717) is 0 Å². The summed E-state index contributed by atoms with van der Waals surface area (Å²) in [7, 11) is 0. The maximum atomic E-state index is 15.3. The number of ether oxygens (including phenoxy) is 2. The van der Waals surface area contributed by atoms with Crippen LogP contribution in [0.4, 0.5) is 4.39 Å². The van der Waals surface area contributed by atoms with Gasteiger partial charge in [-0.3, -0.25) is 14.3 Å². The molecule has 0 aliphatic carbocycles. The maximum absolute atomic E-state index is 15.3. The Morgan fingerprint density at radius 1 is 1.39 bits per heavy atom. The van der Waals surface area contributed by atoms with Crippen molar-refractivity contribution in [2.24, 2.45) is 5.11 Å². The first-order chi connectivity index (χ1) is 13.4. The predicted octanol–water partition coefficient (Wildman–Crippen LogP) is 2.07. The SMILES string of the molecule is [N-]=[N+]=N[C@]1(CI)O[C@@H](n2ccc(=O)[nH]c2=O)[C@H](OC(=O)c2ccccc2)[C@@H]1F. The molecule has 10 nitrogen and oxygen atoms in total. The number of halogens is 2. The molecular formula is C16H13FIN5O5. The summed E-state index contributed by atoms with van der Waals surface area (Å²) in [5, 5.41) is 3.41. The molecule has 0 radical (unpaired) electrons. The average Bonchev–Trinajstić information content (AvgIpc) is 2.95. The van der Waals surface area contributed by atoms with Crippen LogP contribution in [0.25, 0.3) is 10.4 Å². The Balaban J connectivity index is 2.03. The summed E-state index contributed by atoms with van der Waals surface area (Å²) < 4.78 is 26.9. The average molecular weight is 501 g/mol. The van der Waals surface area contributed by atoms with Gasteiger partial charge in [-0.1, -0.05) is 45.9 Å². The van der Waals surface area contributed by atoms with Crippen LogP contribution in [0.15, 0.2) is 57.3 Å². The van der Waals surface area contributed by atoms with E-state index < -0.39 is 41.4 Å². The van der Waals surface area contributed by atoms with Crippen molar-refractivity contribution in [3.05, 3.63) is 79.4 Å². The van der Waals surface area contributed by atoms with Gasteiger partial charge in [0.05, 0.1) is 5.56 Å². The number of alkyl halides is 2. The number of hydrogen-bond donors (Lipinski definition) is 1. The summed E-state index contributed by atoms with van der Waals surface area (Å²) in [6, 6.07) is 8.89. The van der Waals surface area contributed by atoms with E-state index in [0.717, 1.165) is 16.8 Å². The van der Waals surface area contributed by atoms with E-state index >= 15 is 4.39 Å². The molecule has 1 aromatic carbocycles. The first-order valence-corrected chi connectivity index (χ1v) is 9.46. The molecule has 1 saturated heterocycles. The van der Waals surface area contributed by atoms with Gasteiger partial charge in [0.2, 0.25) is 0 Å². The van der Waals surface area contributed by atoms with E-state index in [1.54, 1.807) is 40.8 Å². The first kappa shape index (κ1) is 20.0. The lowest BCUT2D eigenvalue weighted by Crippen LogP contribution is -2.41. The van der Waals surface area contributed by atoms with Crippen molar-refractivity contribution in [1.29, 1.82) is 0 Å². The van der Waals surface area contributed by atoms with Gasteiger partial charge in [0.15, 0.2) is 24.2 Å². The molecule has 1 N–H and O–H groups in total. The number of hydrogen-bond acceptors (Lipinski definition) is 6. The Kier molecular flexibility index (Phi) is 5.82. The number of carbonyl (C=O) groups is 1. The van der Waals surface area contributed by atoms with Crippen LogP contribution in [-0.2, 0) is 9.47 Å². The zero-order valence-corrected chi connectivity index (χ0v) is 16.2. The van der Waals surface area contributed by atoms with E-state index in [1.165, 1.54) is 12.1 Å². The zero-order valence-electron chi connectivity index (χ0n) is 14.1. The molecular weight excluding hydrogens is 488 g/mol. The summed E-state index contributed by atoms with van der Waals surface area (Å²) in [6.07, 6.45) is -4.03. The van der Waals surface area contributed by atoms with Gasteiger partial charge < -0.3 is 9.47 Å². The molecule has 0 bridgehead atoms. The Morgan fingerprint density at radius 3 is 2.71 bits per heavy atom. The van der Waals surface area contributed by atoms with Gasteiger partial charge in [0.25, 0.3) is 5.56 Å². The fourth-order valence-corrected chi connectivity index (χ4v) is 3.51. The lowest BCUT2D eigenvalue weighted by molar-refractivity contribution is -0.0823. The van der Waals surface area contributed by atoms with E-state index in [2.05, 4.69) is 10.0 Å². The van der Waals surface area contributed by atoms with Gasteiger partial charge in [-0.25, -0.2) is 14.0 Å². The molecule has 12 heteroatoms. The quantitative estimate of drug-likeness (QED) is 0.167. The second kappa shape index (κ2) is 8.12. The fraction of sp³-hybridized carbons (Fsp3) is 0.312. The van der Waals surface area contributed by atoms with Gasteiger partial charge in [-0.2, -0.15) is 0 Å². The molecule has 0 spiro atoms. The van der Waals surface area contributed by atoms with Gasteiger partial charge in [-0.15, -0.1) is 0 Å². The largest absolute Gasteiger partial charge is 0.451 e. The molecule has 3 rings (SSSR count). The first-order valence-electron chi connectivity index (χ1n) is 7.93. The minimum Gasteiger partial charge on any atom is -0.451 e. The number of esters is 1. The summed E-state index contributed by atoms with van der Waals surface area (Å²) in [5.41, 5.74) is 5.44.